The molecule has 1 aliphatic heterocycles. The highest BCUT2D eigenvalue weighted by molar-refractivity contribution is 6.31. The van der Waals surface area contributed by atoms with E-state index in [1.165, 1.54) is 25.8 Å². The monoisotopic (exact) mass is 253 g/mol. The zero-order valence-electron chi connectivity index (χ0n) is 10.3. The van der Waals surface area contributed by atoms with Crippen LogP contribution in [0, 0.1) is 5.92 Å². The number of nitrogen functional groups attached to an aromatic ring is 1. The standard InChI is InChI=1S/C13H20ClN3/c1-2-3-10-6-7-17(8-10)9-12-11(14)4-5-13(15)16-12/h4-5,10H,2-3,6-9H2,1H3,(H2,15,16). The minimum Gasteiger partial charge on any atom is -0.384 e. The lowest BCUT2D eigenvalue weighted by atomic mass is 10.0. The Balaban J connectivity index is 1.95. The molecule has 1 atom stereocenters. The molecule has 17 heavy (non-hydrogen) atoms. The molecule has 3 nitrogen and oxygen atoms in total. The van der Waals surface area contributed by atoms with Gasteiger partial charge in [-0.15, -0.1) is 0 Å². The highest BCUT2D eigenvalue weighted by atomic mass is 35.5. The van der Waals surface area contributed by atoms with Crippen LogP contribution in [0.2, 0.25) is 5.02 Å². The summed E-state index contributed by atoms with van der Waals surface area (Å²) in [7, 11) is 0. The number of pyridine rings is 1. The lowest BCUT2D eigenvalue weighted by Crippen LogP contribution is -2.21. The summed E-state index contributed by atoms with van der Waals surface area (Å²) in [5.41, 5.74) is 6.59. The number of halogens is 1. The number of hydrogen-bond acceptors (Lipinski definition) is 3. The molecule has 1 unspecified atom stereocenters. The molecule has 4 heteroatoms. The van der Waals surface area contributed by atoms with Crippen molar-refractivity contribution >= 4 is 17.4 Å². The number of rotatable bonds is 4. The molecule has 0 bridgehead atoms. The third-order valence-corrected chi connectivity index (χ3v) is 3.72. The van der Waals surface area contributed by atoms with E-state index in [4.69, 9.17) is 17.3 Å². The van der Waals surface area contributed by atoms with Crippen molar-refractivity contribution < 1.29 is 0 Å². The highest BCUT2D eigenvalue weighted by Gasteiger charge is 2.22. The summed E-state index contributed by atoms with van der Waals surface area (Å²) in [6.45, 7) is 5.39. The van der Waals surface area contributed by atoms with Gasteiger partial charge in [-0.3, -0.25) is 4.90 Å². The maximum atomic E-state index is 6.13. The van der Waals surface area contributed by atoms with Crippen molar-refractivity contribution in [3.8, 4) is 0 Å². The number of likely N-dealkylation sites (tertiary alicyclic amines) is 1. The van der Waals surface area contributed by atoms with Gasteiger partial charge in [0.15, 0.2) is 0 Å². The molecule has 1 aromatic rings. The summed E-state index contributed by atoms with van der Waals surface area (Å²) in [5, 5.41) is 0.721. The summed E-state index contributed by atoms with van der Waals surface area (Å²) in [6, 6.07) is 3.58. The van der Waals surface area contributed by atoms with Gasteiger partial charge in [0.25, 0.3) is 0 Å². The molecule has 0 spiro atoms. The molecule has 2 rings (SSSR count). The van der Waals surface area contributed by atoms with Crippen LogP contribution in [0.3, 0.4) is 0 Å². The van der Waals surface area contributed by atoms with Crippen LogP contribution in [0.25, 0.3) is 0 Å². The number of nitrogens with zero attached hydrogens (tertiary/aromatic N) is 2. The fourth-order valence-electron chi connectivity index (χ4n) is 2.52. The van der Waals surface area contributed by atoms with E-state index in [1.807, 2.05) is 6.07 Å². The number of nitrogens with two attached hydrogens (primary N) is 1. The maximum Gasteiger partial charge on any atom is 0.123 e. The van der Waals surface area contributed by atoms with Gasteiger partial charge in [-0.25, -0.2) is 4.98 Å². The molecule has 1 saturated heterocycles. The van der Waals surface area contributed by atoms with E-state index < -0.39 is 0 Å². The van der Waals surface area contributed by atoms with Crippen molar-refractivity contribution in [3.05, 3.63) is 22.8 Å². The van der Waals surface area contributed by atoms with Gasteiger partial charge in [0, 0.05) is 13.1 Å². The van der Waals surface area contributed by atoms with Crippen LogP contribution in [-0.2, 0) is 6.54 Å². The Bertz CT molecular complexity index is 381. The predicted octanol–water partition coefficient (Wildman–Crippen LogP) is 2.94. The average Bonchev–Trinajstić information content (AvgIpc) is 2.72. The van der Waals surface area contributed by atoms with Crippen molar-refractivity contribution in [2.75, 3.05) is 18.8 Å². The molecule has 0 radical (unpaired) electrons. The van der Waals surface area contributed by atoms with Crippen LogP contribution < -0.4 is 5.73 Å². The minimum atomic E-state index is 0.550. The summed E-state index contributed by atoms with van der Waals surface area (Å²) >= 11 is 6.13. The Kier molecular flexibility index (Phi) is 4.24. The number of hydrogen-bond donors (Lipinski definition) is 1. The van der Waals surface area contributed by atoms with Crippen LogP contribution in [0.4, 0.5) is 5.82 Å². The van der Waals surface area contributed by atoms with Crippen LogP contribution in [0.1, 0.15) is 31.9 Å². The van der Waals surface area contributed by atoms with Crippen LogP contribution in [0.15, 0.2) is 12.1 Å². The van der Waals surface area contributed by atoms with Gasteiger partial charge in [-0.2, -0.15) is 0 Å². The van der Waals surface area contributed by atoms with Crippen LogP contribution >= 0.6 is 11.6 Å². The Morgan fingerprint density at radius 1 is 1.53 bits per heavy atom. The second-order valence-electron chi connectivity index (χ2n) is 4.84. The van der Waals surface area contributed by atoms with Gasteiger partial charge in [-0.05, 0) is 37.4 Å². The quantitative estimate of drug-likeness (QED) is 0.897. The van der Waals surface area contributed by atoms with E-state index in [2.05, 4.69) is 16.8 Å². The number of aromatic nitrogens is 1. The molecule has 0 saturated carbocycles. The van der Waals surface area contributed by atoms with E-state index >= 15 is 0 Å². The molecular formula is C13H20ClN3. The van der Waals surface area contributed by atoms with Crippen molar-refractivity contribution in [3.63, 3.8) is 0 Å². The van der Waals surface area contributed by atoms with E-state index in [9.17, 15) is 0 Å². The minimum absolute atomic E-state index is 0.550. The second-order valence-corrected chi connectivity index (χ2v) is 5.25. The largest absolute Gasteiger partial charge is 0.384 e. The molecular weight excluding hydrogens is 234 g/mol. The first-order valence-corrected chi connectivity index (χ1v) is 6.70. The van der Waals surface area contributed by atoms with Crippen LogP contribution in [-0.4, -0.2) is 23.0 Å². The Labute approximate surface area is 108 Å². The van der Waals surface area contributed by atoms with Gasteiger partial charge in [0.2, 0.25) is 0 Å². The Morgan fingerprint density at radius 3 is 3.12 bits per heavy atom. The van der Waals surface area contributed by atoms with Gasteiger partial charge in [0.1, 0.15) is 5.82 Å². The maximum absolute atomic E-state index is 6.13. The summed E-state index contributed by atoms with van der Waals surface area (Å²) in [6.07, 6.45) is 3.90. The first-order chi connectivity index (χ1) is 8.19. The summed E-state index contributed by atoms with van der Waals surface area (Å²) in [5.74, 6) is 1.40. The smallest absolute Gasteiger partial charge is 0.123 e. The van der Waals surface area contributed by atoms with Gasteiger partial charge in [-0.1, -0.05) is 24.9 Å². The second kappa shape index (κ2) is 5.69. The zero-order chi connectivity index (χ0) is 12.3. The van der Waals surface area contributed by atoms with Gasteiger partial charge >= 0.3 is 0 Å². The molecule has 1 fully saturated rings. The van der Waals surface area contributed by atoms with Gasteiger partial charge < -0.3 is 5.73 Å². The number of anilines is 1. The van der Waals surface area contributed by atoms with Crippen molar-refractivity contribution in [1.82, 2.24) is 9.88 Å². The summed E-state index contributed by atoms with van der Waals surface area (Å²) in [4.78, 5) is 6.74. The summed E-state index contributed by atoms with van der Waals surface area (Å²) < 4.78 is 0. The lowest BCUT2D eigenvalue weighted by Gasteiger charge is -2.16. The van der Waals surface area contributed by atoms with Crippen molar-refractivity contribution in [2.24, 2.45) is 5.92 Å². The molecule has 2 heterocycles. The topological polar surface area (TPSA) is 42.2 Å². The Morgan fingerprint density at radius 2 is 2.35 bits per heavy atom. The molecule has 1 aromatic heterocycles. The van der Waals surface area contributed by atoms with E-state index in [0.29, 0.717) is 5.82 Å². The molecule has 1 aliphatic rings. The Hall–Kier alpha value is -0.800. The molecule has 2 N–H and O–H groups in total. The normalized spacial score (nSPS) is 20.9. The highest BCUT2D eigenvalue weighted by Crippen LogP contribution is 2.24. The average molecular weight is 254 g/mol. The van der Waals surface area contributed by atoms with E-state index in [0.717, 1.165) is 29.7 Å². The van der Waals surface area contributed by atoms with Gasteiger partial charge in [0.05, 0.1) is 10.7 Å². The van der Waals surface area contributed by atoms with Crippen molar-refractivity contribution in [1.29, 1.82) is 0 Å². The van der Waals surface area contributed by atoms with E-state index in [1.54, 1.807) is 6.07 Å². The zero-order valence-corrected chi connectivity index (χ0v) is 11.1. The van der Waals surface area contributed by atoms with E-state index in [-0.39, 0.29) is 0 Å². The lowest BCUT2D eigenvalue weighted by molar-refractivity contribution is 0.309. The molecule has 0 amide bonds. The fourth-order valence-corrected chi connectivity index (χ4v) is 2.69. The first kappa shape index (κ1) is 12.7. The molecule has 94 valence electrons. The van der Waals surface area contributed by atoms with Crippen molar-refractivity contribution in [2.45, 2.75) is 32.7 Å². The predicted molar refractivity (Wildman–Crippen MR) is 72.0 cm³/mol. The third-order valence-electron chi connectivity index (χ3n) is 3.38. The third kappa shape index (κ3) is 3.33. The molecule has 0 aromatic carbocycles. The first-order valence-electron chi connectivity index (χ1n) is 6.32. The fraction of sp³-hybridized carbons (Fsp3) is 0.615. The van der Waals surface area contributed by atoms with Crippen LogP contribution in [0.5, 0.6) is 0 Å². The molecule has 0 aliphatic carbocycles. The SMILES string of the molecule is CCCC1CCN(Cc2nc(N)ccc2Cl)C1.